The predicted octanol–water partition coefficient (Wildman–Crippen LogP) is 3.89. The van der Waals surface area contributed by atoms with Crippen molar-refractivity contribution in [3.8, 4) is 11.3 Å². The average Bonchev–Trinajstić information content (AvgIpc) is 2.86. The first-order chi connectivity index (χ1) is 10.2. The molecular weight excluding hydrogens is 328 g/mol. The van der Waals surface area contributed by atoms with Gasteiger partial charge in [-0.15, -0.1) is 0 Å². The molecule has 21 heavy (non-hydrogen) atoms. The van der Waals surface area contributed by atoms with Crippen molar-refractivity contribution in [1.82, 2.24) is 14.4 Å². The molecule has 4 nitrogen and oxygen atoms in total. The van der Waals surface area contributed by atoms with Crippen molar-refractivity contribution in [2.24, 2.45) is 0 Å². The van der Waals surface area contributed by atoms with Crippen LogP contribution < -0.4 is 5.73 Å². The van der Waals surface area contributed by atoms with Gasteiger partial charge in [0.25, 0.3) is 0 Å². The second-order valence-corrected chi connectivity index (χ2v) is 5.66. The van der Waals surface area contributed by atoms with E-state index in [1.165, 1.54) is 0 Å². The van der Waals surface area contributed by atoms with Crippen LogP contribution in [0, 0.1) is 0 Å². The first-order valence-electron chi connectivity index (χ1n) is 6.51. The van der Waals surface area contributed by atoms with Gasteiger partial charge in [-0.05, 0) is 46.3 Å². The van der Waals surface area contributed by atoms with Gasteiger partial charge in [0, 0.05) is 23.3 Å². The summed E-state index contributed by atoms with van der Waals surface area (Å²) in [6.07, 6.45) is 3.70. The van der Waals surface area contributed by atoms with Crippen molar-refractivity contribution in [3.05, 3.63) is 59.3 Å². The summed E-state index contributed by atoms with van der Waals surface area (Å²) >= 11 is 3.51. The summed E-state index contributed by atoms with van der Waals surface area (Å²) in [6.45, 7) is 0. The highest BCUT2D eigenvalue weighted by Gasteiger charge is 2.13. The summed E-state index contributed by atoms with van der Waals surface area (Å²) in [5, 5.41) is 1.07. The summed E-state index contributed by atoms with van der Waals surface area (Å²) in [7, 11) is 0. The van der Waals surface area contributed by atoms with Crippen LogP contribution >= 0.6 is 15.9 Å². The van der Waals surface area contributed by atoms with Gasteiger partial charge in [0.2, 0.25) is 0 Å². The Labute approximate surface area is 129 Å². The number of rotatable bonds is 1. The molecule has 0 aliphatic carbocycles. The van der Waals surface area contributed by atoms with Crippen molar-refractivity contribution in [2.75, 3.05) is 5.73 Å². The fraction of sp³-hybridized carbons (Fsp3) is 0. The van der Waals surface area contributed by atoms with E-state index >= 15 is 0 Å². The fourth-order valence-corrected chi connectivity index (χ4v) is 2.92. The number of halogens is 1. The molecule has 0 fully saturated rings. The van der Waals surface area contributed by atoms with E-state index in [0.717, 1.165) is 32.3 Å². The van der Waals surface area contributed by atoms with Gasteiger partial charge in [-0.1, -0.05) is 12.1 Å². The molecule has 0 aliphatic rings. The first-order valence-corrected chi connectivity index (χ1v) is 7.30. The van der Waals surface area contributed by atoms with Gasteiger partial charge in [-0.25, -0.2) is 4.98 Å². The molecule has 0 unspecified atom stereocenters. The van der Waals surface area contributed by atoms with Crippen LogP contribution in [0.1, 0.15) is 0 Å². The molecule has 0 spiro atoms. The lowest BCUT2D eigenvalue weighted by Gasteiger charge is -2.02. The summed E-state index contributed by atoms with van der Waals surface area (Å²) in [5.74, 6) is 0.634. The Kier molecular flexibility index (Phi) is 2.68. The van der Waals surface area contributed by atoms with Gasteiger partial charge in [0.05, 0.1) is 9.99 Å². The van der Waals surface area contributed by atoms with Crippen LogP contribution in [0.2, 0.25) is 0 Å². The van der Waals surface area contributed by atoms with Crippen molar-refractivity contribution >= 4 is 38.3 Å². The molecule has 0 radical (unpaired) electrons. The minimum atomic E-state index is 0.634. The minimum Gasteiger partial charge on any atom is -0.383 e. The Morgan fingerprint density at radius 2 is 2.00 bits per heavy atom. The zero-order chi connectivity index (χ0) is 14.4. The Morgan fingerprint density at radius 3 is 2.86 bits per heavy atom. The quantitative estimate of drug-likeness (QED) is 0.572. The number of nitrogens with zero attached hydrogens (tertiary/aromatic N) is 3. The molecule has 4 aromatic rings. The number of nitrogen functional groups attached to an aromatic ring is 1. The SMILES string of the molecule is Nc1c(-c2ccc3ncccc3c2)nc2c(Br)cccn12. The van der Waals surface area contributed by atoms with Gasteiger partial charge in [-0.2, -0.15) is 0 Å². The minimum absolute atomic E-state index is 0.634. The maximum Gasteiger partial charge on any atom is 0.153 e. The highest BCUT2D eigenvalue weighted by atomic mass is 79.9. The van der Waals surface area contributed by atoms with Crippen LogP contribution in [-0.2, 0) is 0 Å². The maximum atomic E-state index is 6.25. The number of aromatic nitrogens is 3. The van der Waals surface area contributed by atoms with Crippen LogP contribution in [0.25, 0.3) is 27.8 Å². The molecule has 1 aromatic carbocycles. The Morgan fingerprint density at radius 1 is 1.10 bits per heavy atom. The third-order valence-electron chi connectivity index (χ3n) is 3.52. The lowest BCUT2D eigenvalue weighted by molar-refractivity contribution is 1.19. The third-order valence-corrected chi connectivity index (χ3v) is 4.13. The summed E-state index contributed by atoms with van der Waals surface area (Å²) < 4.78 is 2.80. The summed E-state index contributed by atoms with van der Waals surface area (Å²) in [6, 6.07) is 13.9. The number of imidazole rings is 1. The monoisotopic (exact) mass is 338 g/mol. The molecule has 3 heterocycles. The molecule has 0 saturated carbocycles. The Balaban J connectivity index is 1.99. The lowest BCUT2D eigenvalue weighted by Crippen LogP contribution is -1.93. The molecule has 3 aromatic heterocycles. The predicted molar refractivity (Wildman–Crippen MR) is 88.0 cm³/mol. The third kappa shape index (κ3) is 1.89. The zero-order valence-electron chi connectivity index (χ0n) is 11.0. The normalized spacial score (nSPS) is 11.3. The second kappa shape index (κ2) is 4.56. The number of hydrogen-bond acceptors (Lipinski definition) is 3. The van der Waals surface area contributed by atoms with E-state index in [9.17, 15) is 0 Å². The topological polar surface area (TPSA) is 56.2 Å². The van der Waals surface area contributed by atoms with E-state index in [2.05, 4.69) is 32.0 Å². The maximum absolute atomic E-state index is 6.25. The molecule has 0 bridgehead atoms. The summed E-state index contributed by atoms with van der Waals surface area (Å²) in [4.78, 5) is 8.99. The van der Waals surface area contributed by atoms with Crippen LogP contribution in [0.15, 0.2) is 59.3 Å². The largest absolute Gasteiger partial charge is 0.383 e. The Hall–Kier alpha value is -2.40. The van der Waals surface area contributed by atoms with Gasteiger partial charge in [0.1, 0.15) is 11.5 Å². The van der Waals surface area contributed by atoms with E-state index in [0.29, 0.717) is 5.82 Å². The van der Waals surface area contributed by atoms with E-state index in [1.807, 2.05) is 47.0 Å². The Bertz CT molecular complexity index is 975. The van der Waals surface area contributed by atoms with E-state index < -0.39 is 0 Å². The molecular formula is C16H11BrN4. The van der Waals surface area contributed by atoms with Gasteiger partial charge >= 0.3 is 0 Å². The molecule has 102 valence electrons. The van der Waals surface area contributed by atoms with Crippen molar-refractivity contribution in [2.45, 2.75) is 0 Å². The summed E-state index contributed by atoms with van der Waals surface area (Å²) in [5.41, 5.74) is 9.80. The van der Waals surface area contributed by atoms with Crippen LogP contribution in [0.4, 0.5) is 5.82 Å². The molecule has 5 heteroatoms. The number of hydrogen-bond donors (Lipinski definition) is 1. The van der Waals surface area contributed by atoms with Crippen molar-refractivity contribution in [1.29, 1.82) is 0 Å². The van der Waals surface area contributed by atoms with Crippen LogP contribution in [0.5, 0.6) is 0 Å². The van der Waals surface area contributed by atoms with Crippen molar-refractivity contribution < 1.29 is 0 Å². The fourth-order valence-electron chi connectivity index (χ4n) is 2.49. The number of anilines is 1. The smallest absolute Gasteiger partial charge is 0.153 e. The average molecular weight is 339 g/mol. The molecule has 2 N–H and O–H groups in total. The first kappa shape index (κ1) is 12.3. The number of pyridine rings is 2. The lowest BCUT2D eigenvalue weighted by atomic mass is 10.1. The van der Waals surface area contributed by atoms with Crippen LogP contribution in [-0.4, -0.2) is 14.4 Å². The second-order valence-electron chi connectivity index (χ2n) is 4.81. The van der Waals surface area contributed by atoms with Crippen LogP contribution in [0.3, 0.4) is 0 Å². The van der Waals surface area contributed by atoms with Gasteiger partial charge in [0.15, 0.2) is 5.65 Å². The van der Waals surface area contributed by atoms with Gasteiger partial charge in [-0.3, -0.25) is 9.38 Å². The van der Waals surface area contributed by atoms with E-state index in [-0.39, 0.29) is 0 Å². The van der Waals surface area contributed by atoms with E-state index in [1.54, 1.807) is 6.20 Å². The molecule has 0 aliphatic heterocycles. The highest BCUT2D eigenvalue weighted by molar-refractivity contribution is 9.10. The number of benzene rings is 1. The number of fused-ring (bicyclic) bond motifs is 2. The van der Waals surface area contributed by atoms with Gasteiger partial charge < -0.3 is 5.73 Å². The van der Waals surface area contributed by atoms with E-state index in [4.69, 9.17) is 5.73 Å². The number of nitrogens with two attached hydrogens (primary N) is 1. The molecule has 0 amide bonds. The zero-order valence-corrected chi connectivity index (χ0v) is 12.6. The molecule has 0 atom stereocenters. The molecule has 0 saturated heterocycles. The highest BCUT2D eigenvalue weighted by Crippen LogP contribution is 2.30. The standard InChI is InChI=1S/C16H11BrN4/c17-12-4-2-8-21-15(18)14(20-16(12)21)11-5-6-13-10(9-11)3-1-7-19-13/h1-9H,18H2. The molecule has 4 rings (SSSR count). The van der Waals surface area contributed by atoms with Crippen molar-refractivity contribution in [3.63, 3.8) is 0 Å².